The summed E-state index contributed by atoms with van der Waals surface area (Å²) >= 11 is 0. The second-order valence-corrected chi connectivity index (χ2v) is 5.84. The smallest absolute Gasteiger partial charge is 0.166 e. The van der Waals surface area contributed by atoms with Crippen LogP contribution < -0.4 is 4.74 Å². The molecular weight excluding hydrogens is 288 g/mol. The Balaban J connectivity index is 1.59. The van der Waals surface area contributed by atoms with E-state index < -0.39 is 0 Å². The maximum atomic E-state index is 10.1. The molecule has 2 aromatic carbocycles. The van der Waals surface area contributed by atoms with E-state index in [2.05, 4.69) is 34.2 Å². The molecule has 4 heteroatoms. The highest BCUT2D eigenvalue weighted by atomic mass is 16.5. The fourth-order valence-corrected chi connectivity index (χ4v) is 2.91. The fraction of sp³-hybridized carbons (Fsp3) is 0.316. The molecule has 1 fully saturated rings. The fourth-order valence-electron chi connectivity index (χ4n) is 2.91. The maximum Gasteiger partial charge on any atom is 0.166 e. The highest BCUT2D eigenvalue weighted by molar-refractivity contribution is 5.84. The van der Waals surface area contributed by atoms with Gasteiger partial charge in [0.25, 0.3) is 0 Å². The molecule has 120 valence electrons. The van der Waals surface area contributed by atoms with Gasteiger partial charge in [-0.2, -0.15) is 0 Å². The molecule has 1 heterocycles. The molecule has 0 aliphatic carbocycles. The van der Waals surface area contributed by atoms with Crippen LogP contribution in [-0.2, 0) is 6.54 Å². The van der Waals surface area contributed by atoms with E-state index in [-0.39, 0.29) is 11.8 Å². The van der Waals surface area contributed by atoms with Crippen LogP contribution in [0.3, 0.4) is 0 Å². The Morgan fingerprint density at radius 1 is 1.22 bits per heavy atom. The van der Waals surface area contributed by atoms with E-state index in [1.165, 1.54) is 5.56 Å². The number of hydrogen-bond acceptors (Lipinski definition) is 4. The van der Waals surface area contributed by atoms with Crippen LogP contribution in [0.15, 0.2) is 53.5 Å². The summed E-state index contributed by atoms with van der Waals surface area (Å²) in [7, 11) is 1.55. The molecule has 1 aliphatic heterocycles. The maximum absolute atomic E-state index is 10.1. The number of aromatic hydroxyl groups is 1. The third kappa shape index (κ3) is 3.90. The molecular formula is C19H22N2O2. The number of benzene rings is 2. The van der Waals surface area contributed by atoms with Crippen molar-refractivity contribution < 1.29 is 9.84 Å². The largest absolute Gasteiger partial charge is 0.504 e. The van der Waals surface area contributed by atoms with Gasteiger partial charge in [0, 0.05) is 31.4 Å². The number of likely N-dealkylation sites (tertiary alicyclic amines) is 1. The summed E-state index contributed by atoms with van der Waals surface area (Å²) in [6.07, 6.45) is 2.81. The zero-order chi connectivity index (χ0) is 16.1. The Hall–Kier alpha value is -2.33. The molecule has 1 aliphatic rings. The first-order chi connectivity index (χ1) is 11.3. The van der Waals surface area contributed by atoms with Gasteiger partial charge in [-0.05, 0) is 24.1 Å². The predicted molar refractivity (Wildman–Crippen MR) is 92.4 cm³/mol. The summed E-state index contributed by atoms with van der Waals surface area (Å²) in [5.41, 5.74) is 2.04. The van der Waals surface area contributed by atoms with Gasteiger partial charge in [-0.15, -0.1) is 0 Å². The number of phenols is 1. The van der Waals surface area contributed by atoms with E-state index in [0.717, 1.165) is 26.1 Å². The zero-order valence-corrected chi connectivity index (χ0v) is 13.4. The molecule has 0 aromatic heterocycles. The van der Waals surface area contributed by atoms with Crippen molar-refractivity contribution in [3.05, 3.63) is 59.7 Å². The van der Waals surface area contributed by atoms with E-state index in [9.17, 15) is 5.11 Å². The third-order valence-electron chi connectivity index (χ3n) is 4.17. The average molecular weight is 310 g/mol. The van der Waals surface area contributed by atoms with E-state index in [1.807, 2.05) is 18.2 Å². The lowest BCUT2D eigenvalue weighted by molar-refractivity contribution is 0.327. The summed E-state index contributed by atoms with van der Waals surface area (Å²) in [6.45, 7) is 2.98. The van der Waals surface area contributed by atoms with Crippen molar-refractivity contribution in [1.82, 2.24) is 4.90 Å². The number of rotatable bonds is 5. The first-order valence-electron chi connectivity index (χ1n) is 7.91. The quantitative estimate of drug-likeness (QED) is 0.863. The second-order valence-electron chi connectivity index (χ2n) is 5.84. The van der Waals surface area contributed by atoms with Gasteiger partial charge in [-0.3, -0.25) is 9.89 Å². The van der Waals surface area contributed by atoms with Crippen LogP contribution in [-0.4, -0.2) is 42.5 Å². The highest BCUT2D eigenvalue weighted by Crippen LogP contribution is 2.28. The van der Waals surface area contributed by atoms with Gasteiger partial charge < -0.3 is 9.84 Å². The molecule has 0 spiro atoms. The van der Waals surface area contributed by atoms with Crippen LogP contribution in [0.1, 0.15) is 17.5 Å². The van der Waals surface area contributed by atoms with Gasteiger partial charge in [-0.25, -0.2) is 0 Å². The Morgan fingerprint density at radius 3 is 2.83 bits per heavy atom. The Morgan fingerprint density at radius 2 is 2.04 bits per heavy atom. The number of nitrogens with zero attached hydrogens (tertiary/aromatic N) is 2. The molecule has 4 nitrogen and oxygen atoms in total. The van der Waals surface area contributed by atoms with E-state index in [4.69, 9.17) is 4.74 Å². The van der Waals surface area contributed by atoms with Gasteiger partial charge in [0.1, 0.15) is 0 Å². The minimum absolute atomic E-state index is 0.151. The van der Waals surface area contributed by atoms with E-state index in [1.54, 1.807) is 19.4 Å². The highest BCUT2D eigenvalue weighted by Gasteiger charge is 2.21. The summed E-state index contributed by atoms with van der Waals surface area (Å²) in [6, 6.07) is 16.2. The van der Waals surface area contributed by atoms with Gasteiger partial charge in [0.15, 0.2) is 11.5 Å². The number of aliphatic imine (C=N–C) groups is 1. The molecule has 0 amide bonds. The van der Waals surface area contributed by atoms with Crippen molar-refractivity contribution in [2.45, 2.75) is 19.0 Å². The van der Waals surface area contributed by atoms with E-state index >= 15 is 0 Å². The van der Waals surface area contributed by atoms with Crippen LogP contribution in [0, 0.1) is 0 Å². The van der Waals surface area contributed by atoms with Crippen LogP contribution >= 0.6 is 0 Å². The SMILES string of the molecule is COc1cccc(C=N[C@H]2CCN(Cc3ccccc3)C2)c1O. The number of phenolic OH excluding ortho intramolecular Hbond substituents is 1. The Kier molecular flexibility index (Phi) is 4.93. The normalized spacial score (nSPS) is 18.6. The van der Waals surface area contributed by atoms with Crippen molar-refractivity contribution in [3.63, 3.8) is 0 Å². The Bertz CT molecular complexity index is 670. The Labute approximate surface area is 137 Å². The number of methoxy groups -OCH3 is 1. The van der Waals surface area contributed by atoms with E-state index in [0.29, 0.717) is 11.3 Å². The third-order valence-corrected chi connectivity index (χ3v) is 4.17. The van der Waals surface area contributed by atoms with Gasteiger partial charge >= 0.3 is 0 Å². The molecule has 1 atom stereocenters. The number of para-hydroxylation sites is 1. The van der Waals surface area contributed by atoms with Crippen molar-refractivity contribution in [2.75, 3.05) is 20.2 Å². The summed E-state index contributed by atoms with van der Waals surface area (Å²) in [4.78, 5) is 7.06. The van der Waals surface area contributed by atoms with Crippen molar-refractivity contribution in [3.8, 4) is 11.5 Å². The van der Waals surface area contributed by atoms with Crippen LogP contribution in [0.5, 0.6) is 11.5 Å². The molecule has 23 heavy (non-hydrogen) atoms. The number of hydrogen-bond donors (Lipinski definition) is 1. The van der Waals surface area contributed by atoms with Crippen molar-refractivity contribution in [2.24, 2.45) is 4.99 Å². The van der Waals surface area contributed by atoms with Gasteiger partial charge in [0.2, 0.25) is 0 Å². The summed E-state index contributed by atoms with van der Waals surface area (Å²) in [5, 5.41) is 10.1. The molecule has 2 aromatic rings. The number of ether oxygens (including phenoxy) is 1. The van der Waals surface area contributed by atoms with Crippen molar-refractivity contribution in [1.29, 1.82) is 0 Å². The predicted octanol–water partition coefficient (Wildman–Crippen LogP) is 3.09. The minimum atomic E-state index is 0.151. The standard InChI is InChI=1S/C19H22N2O2/c1-23-18-9-5-8-16(19(18)22)12-20-17-10-11-21(14-17)13-15-6-3-2-4-7-15/h2-9,12,17,22H,10-11,13-14H2,1H3/t17-/m0/s1. The topological polar surface area (TPSA) is 45.1 Å². The second kappa shape index (κ2) is 7.29. The molecule has 0 unspecified atom stereocenters. The minimum Gasteiger partial charge on any atom is -0.504 e. The molecule has 0 bridgehead atoms. The monoisotopic (exact) mass is 310 g/mol. The average Bonchev–Trinajstić information content (AvgIpc) is 3.02. The summed E-state index contributed by atoms with van der Waals surface area (Å²) in [5.74, 6) is 0.629. The first kappa shape index (κ1) is 15.6. The molecule has 0 saturated carbocycles. The lowest BCUT2D eigenvalue weighted by Crippen LogP contribution is -2.21. The van der Waals surface area contributed by atoms with Gasteiger partial charge in [0.05, 0.1) is 13.2 Å². The van der Waals surface area contributed by atoms with Crippen LogP contribution in [0.4, 0.5) is 0 Å². The van der Waals surface area contributed by atoms with Crippen molar-refractivity contribution >= 4 is 6.21 Å². The first-order valence-corrected chi connectivity index (χ1v) is 7.91. The molecule has 0 radical (unpaired) electrons. The molecule has 3 rings (SSSR count). The van der Waals surface area contributed by atoms with Gasteiger partial charge in [-0.1, -0.05) is 36.4 Å². The van der Waals surface area contributed by atoms with Crippen LogP contribution in [0.25, 0.3) is 0 Å². The molecule has 1 saturated heterocycles. The lowest BCUT2D eigenvalue weighted by Gasteiger charge is -2.14. The van der Waals surface area contributed by atoms with Crippen LogP contribution in [0.2, 0.25) is 0 Å². The zero-order valence-electron chi connectivity index (χ0n) is 13.4. The molecule has 1 N–H and O–H groups in total. The lowest BCUT2D eigenvalue weighted by atomic mass is 10.2. The summed E-state index contributed by atoms with van der Waals surface area (Å²) < 4.78 is 5.12.